The first-order valence-electron chi connectivity index (χ1n) is 8.27. The molecule has 1 amide bonds. The fraction of sp³-hybridized carbons (Fsp3) is 0.312. The van der Waals surface area contributed by atoms with Crippen LogP contribution in [0.5, 0.6) is 0 Å². The van der Waals surface area contributed by atoms with Crippen molar-refractivity contribution < 1.29 is 17.6 Å². The molecule has 1 fully saturated rings. The second-order valence-corrected chi connectivity index (χ2v) is 9.03. The van der Waals surface area contributed by atoms with E-state index in [1.54, 1.807) is 11.6 Å². The molecule has 2 N–H and O–H groups in total. The highest BCUT2D eigenvalue weighted by Crippen LogP contribution is 2.26. The van der Waals surface area contributed by atoms with Crippen LogP contribution in [0.15, 0.2) is 43.9 Å². The maximum absolute atomic E-state index is 13.0. The molecular weight excluding hydrogens is 392 g/mol. The molecular formula is C16H16N4O5S2. The third-order valence-corrected chi connectivity index (χ3v) is 7.00. The van der Waals surface area contributed by atoms with Crippen molar-refractivity contribution in [2.75, 3.05) is 18.4 Å². The summed E-state index contributed by atoms with van der Waals surface area (Å²) in [6.45, 7) is 0.424. The van der Waals surface area contributed by atoms with E-state index in [0.717, 1.165) is 0 Å². The Balaban J connectivity index is 1.55. The number of nitrogens with zero attached hydrogens (tertiary/aromatic N) is 2. The Morgan fingerprint density at radius 2 is 2.26 bits per heavy atom. The van der Waals surface area contributed by atoms with E-state index in [1.807, 2.05) is 0 Å². The number of oxazole rings is 1. The number of sulfonamides is 1. The number of carbonyl (C=O) groups is 1. The number of piperidine rings is 1. The molecule has 1 aliphatic heterocycles. The quantitative estimate of drug-likeness (QED) is 0.676. The van der Waals surface area contributed by atoms with Crippen molar-refractivity contribution in [1.29, 1.82) is 0 Å². The summed E-state index contributed by atoms with van der Waals surface area (Å²) in [6, 6.07) is 4.23. The molecule has 1 aromatic carbocycles. The van der Waals surface area contributed by atoms with Gasteiger partial charge in [0.05, 0.1) is 16.3 Å². The van der Waals surface area contributed by atoms with Gasteiger partial charge in [-0.3, -0.25) is 9.78 Å². The van der Waals surface area contributed by atoms with Crippen LogP contribution in [0, 0.1) is 5.92 Å². The van der Waals surface area contributed by atoms with Gasteiger partial charge in [0.2, 0.25) is 15.9 Å². The van der Waals surface area contributed by atoms with E-state index in [2.05, 4.69) is 15.3 Å². The average molecular weight is 408 g/mol. The van der Waals surface area contributed by atoms with Crippen LogP contribution in [0.1, 0.15) is 12.8 Å². The highest BCUT2D eigenvalue weighted by Gasteiger charge is 2.33. The van der Waals surface area contributed by atoms with Gasteiger partial charge in [-0.25, -0.2) is 18.2 Å². The molecule has 1 aliphatic rings. The molecule has 0 aliphatic carbocycles. The minimum Gasteiger partial charge on any atom is -0.408 e. The number of amides is 1. The highest BCUT2D eigenvalue weighted by molar-refractivity contribution is 7.89. The second-order valence-electron chi connectivity index (χ2n) is 6.20. The van der Waals surface area contributed by atoms with Gasteiger partial charge < -0.3 is 9.73 Å². The van der Waals surface area contributed by atoms with Crippen molar-refractivity contribution in [3.8, 4) is 0 Å². The lowest BCUT2D eigenvalue weighted by molar-refractivity contribution is -0.120. The van der Waals surface area contributed by atoms with Crippen LogP contribution in [-0.4, -0.2) is 41.7 Å². The molecule has 2 aromatic heterocycles. The third-order valence-electron chi connectivity index (χ3n) is 4.45. The summed E-state index contributed by atoms with van der Waals surface area (Å²) >= 11 is 1.31. The highest BCUT2D eigenvalue weighted by atomic mass is 32.2. The number of thiazole rings is 1. The summed E-state index contributed by atoms with van der Waals surface area (Å²) in [5, 5.41) is 4.97. The Bertz CT molecular complexity index is 1130. The summed E-state index contributed by atoms with van der Waals surface area (Å²) in [5.74, 6) is -1.33. The monoisotopic (exact) mass is 408 g/mol. The maximum Gasteiger partial charge on any atom is 0.417 e. The second kappa shape index (κ2) is 6.91. The number of fused-ring (bicyclic) bond motifs is 1. The Labute approximate surface area is 158 Å². The lowest BCUT2D eigenvalue weighted by Crippen LogP contribution is -2.43. The van der Waals surface area contributed by atoms with Gasteiger partial charge in [0.15, 0.2) is 10.7 Å². The molecule has 3 heterocycles. The number of hydrogen-bond donors (Lipinski definition) is 2. The number of H-pyrrole nitrogens is 1. The van der Waals surface area contributed by atoms with Gasteiger partial charge in [0.25, 0.3) is 0 Å². The van der Waals surface area contributed by atoms with Gasteiger partial charge in [0, 0.05) is 30.7 Å². The van der Waals surface area contributed by atoms with Gasteiger partial charge in [-0.15, -0.1) is 11.3 Å². The summed E-state index contributed by atoms with van der Waals surface area (Å²) in [5.41, 5.74) is 0.606. The van der Waals surface area contributed by atoms with Crippen LogP contribution >= 0.6 is 11.3 Å². The largest absolute Gasteiger partial charge is 0.417 e. The number of anilines is 1. The minimum absolute atomic E-state index is 0.0266. The van der Waals surface area contributed by atoms with Gasteiger partial charge in [-0.1, -0.05) is 0 Å². The Kier molecular flexibility index (Phi) is 4.58. The number of hydrogen-bond acceptors (Lipinski definition) is 7. The SMILES string of the molecule is O=C(Nc1nccs1)C1CCCN(S(=O)(=O)c2ccc3[nH]c(=O)oc3c2)C1. The number of benzene rings is 1. The molecule has 4 rings (SSSR count). The molecule has 9 nitrogen and oxygen atoms in total. The number of nitrogens with one attached hydrogen (secondary N) is 2. The molecule has 0 saturated carbocycles. The van der Waals surface area contributed by atoms with Crippen molar-refractivity contribution in [1.82, 2.24) is 14.3 Å². The van der Waals surface area contributed by atoms with E-state index in [0.29, 0.717) is 30.0 Å². The predicted octanol–water partition coefficient (Wildman–Crippen LogP) is 1.62. The standard InChI is InChI=1S/C16H16N4O5S2/c21-14(19-15-17-5-7-26-15)10-2-1-6-20(9-10)27(23,24)11-3-4-12-13(8-11)25-16(22)18-12/h3-5,7-8,10H,1-2,6,9H2,(H,18,22)(H,17,19,21). The first kappa shape index (κ1) is 17.9. The van der Waals surface area contributed by atoms with Gasteiger partial charge in [-0.05, 0) is 25.0 Å². The molecule has 0 bridgehead atoms. The minimum atomic E-state index is -3.81. The lowest BCUT2D eigenvalue weighted by Gasteiger charge is -2.31. The Morgan fingerprint density at radius 1 is 1.41 bits per heavy atom. The lowest BCUT2D eigenvalue weighted by atomic mass is 9.99. The van der Waals surface area contributed by atoms with Gasteiger partial charge in [-0.2, -0.15) is 4.31 Å². The third kappa shape index (κ3) is 3.53. The van der Waals surface area contributed by atoms with Gasteiger partial charge >= 0.3 is 5.76 Å². The molecule has 1 saturated heterocycles. The van der Waals surface area contributed by atoms with Crippen LogP contribution in [-0.2, 0) is 14.8 Å². The average Bonchev–Trinajstić information content (AvgIpc) is 3.29. The van der Waals surface area contributed by atoms with Crippen molar-refractivity contribution in [2.45, 2.75) is 17.7 Å². The van der Waals surface area contributed by atoms with Gasteiger partial charge in [0.1, 0.15) is 0 Å². The van der Waals surface area contributed by atoms with E-state index < -0.39 is 21.7 Å². The van der Waals surface area contributed by atoms with Crippen molar-refractivity contribution >= 4 is 43.5 Å². The van der Waals surface area contributed by atoms with Crippen LogP contribution in [0.3, 0.4) is 0 Å². The molecule has 27 heavy (non-hydrogen) atoms. The molecule has 0 radical (unpaired) electrons. The van der Waals surface area contributed by atoms with Crippen molar-refractivity contribution in [2.24, 2.45) is 5.92 Å². The van der Waals surface area contributed by atoms with Crippen LogP contribution in [0.4, 0.5) is 5.13 Å². The fourth-order valence-corrected chi connectivity index (χ4v) is 5.17. The van der Waals surface area contributed by atoms with E-state index in [-0.39, 0.29) is 22.9 Å². The Hall–Kier alpha value is -2.50. The predicted molar refractivity (Wildman–Crippen MR) is 99.1 cm³/mol. The first-order valence-corrected chi connectivity index (χ1v) is 10.6. The number of aromatic nitrogens is 2. The summed E-state index contributed by atoms with van der Waals surface area (Å²) in [4.78, 5) is 30.2. The maximum atomic E-state index is 13.0. The molecule has 1 atom stereocenters. The molecule has 3 aromatic rings. The summed E-state index contributed by atoms with van der Waals surface area (Å²) in [6.07, 6.45) is 2.78. The molecule has 1 unspecified atom stereocenters. The smallest absolute Gasteiger partial charge is 0.408 e. The zero-order chi connectivity index (χ0) is 19.0. The molecule has 0 spiro atoms. The van der Waals surface area contributed by atoms with E-state index in [1.165, 1.54) is 33.8 Å². The molecule has 11 heteroatoms. The summed E-state index contributed by atoms with van der Waals surface area (Å²) in [7, 11) is -3.81. The van der Waals surface area contributed by atoms with Crippen molar-refractivity contribution in [3.63, 3.8) is 0 Å². The fourth-order valence-electron chi connectivity index (χ4n) is 3.10. The number of carbonyl (C=O) groups excluding carboxylic acids is 1. The van der Waals surface area contributed by atoms with Crippen LogP contribution in [0.2, 0.25) is 0 Å². The topological polar surface area (TPSA) is 125 Å². The number of aromatic amines is 1. The first-order chi connectivity index (χ1) is 12.9. The Morgan fingerprint density at radius 3 is 3.04 bits per heavy atom. The van der Waals surface area contributed by atoms with E-state index >= 15 is 0 Å². The zero-order valence-electron chi connectivity index (χ0n) is 14.0. The number of rotatable bonds is 4. The zero-order valence-corrected chi connectivity index (χ0v) is 15.7. The molecule has 142 valence electrons. The van der Waals surface area contributed by atoms with E-state index in [9.17, 15) is 18.0 Å². The van der Waals surface area contributed by atoms with Crippen LogP contribution in [0.25, 0.3) is 11.1 Å². The van der Waals surface area contributed by atoms with E-state index in [4.69, 9.17) is 4.42 Å². The van der Waals surface area contributed by atoms with Crippen molar-refractivity contribution in [3.05, 3.63) is 40.3 Å². The summed E-state index contributed by atoms with van der Waals surface area (Å²) < 4.78 is 32.2. The normalized spacial score (nSPS) is 18.6. The van der Waals surface area contributed by atoms with Crippen LogP contribution < -0.4 is 11.1 Å².